The monoisotopic (exact) mass is 343 g/mol. The molecule has 1 aromatic rings. The topological polar surface area (TPSA) is 44.8 Å². The van der Waals surface area contributed by atoms with E-state index < -0.39 is 0 Å². The highest BCUT2D eigenvalue weighted by atomic mass is 16.5. The predicted molar refractivity (Wildman–Crippen MR) is 97.6 cm³/mol. The lowest BCUT2D eigenvalue weighted by Crippen LogP contribution is -2.46. The van der Waals surface area contributed by atoms with E-state index in [2.05, 4.69) is 41.4 Å². The van der Waals surface area contributed by atoms with Crippen molar-refractivity contribution in [3.63, 3.8) is 0 Å². The molecule has 136 valence electrons. The van der Waals surface area contributed by atoms with E-state index in [9.17, 15) is 4.79 Å². The van der Waals surface area contributed by atoms with Gasteiger partial charge in [-0.25, -0.2) is 4.79 Å². The third-order valence-corrected chi connectivity index (χ3v) is 6.04. The summed E-state index contributed by atoms with van der Waals surface area (Å²) in [5, 5.41) is 3.21. The molecule has 5 heteroatoms. The molecule has 1 spiro atoms. The Hall–Kier alpha value is -1.59. The predicted octanol–water partition coefficient (Wildman–Crippen LogP) is 2.56. The summed E-state index contributed by atoms with van der Waals surface area (Å²) in [4.78, 5) is 17.1. The first-order valence-corrected chi connectivity index (χ1v) is 9.56. The highest BCUT2D eigenvalue weighted by Crippen LogP contribution is 2.52. The Morgan fingerprint density at radius 2 is 2.04 bits per heavy atom. The standard InChI is InChI=1S/C20H29N3O2/c1-16-3-2-4-17(13-16)18(22-9-11-25-12-10-22)14-21-19(24)23-8-7-20(15-23)5-6-20/h2-4,13,18H,5-12,14-15H2,1H3,(H,21,24). The van der Waals surface area contributed by atoms with Crippen molar-refractivity contribution in [2.45, 2.75) is 32.2 Å². The number of urea groups is 1. The van der Waals surface area contributed by atoms with Crippen LogP contribution in [0.2, 0.25) is 0 Å². The Morgan fingerprint density at radius 1 is 1.24 bits per heavy atom. The zero-order chi connectivity index (χ0) is 17.3. The van der Waals surface area contributed by atoms with E-state index in [0.717, 1.165) is 39.4 Å². The SMILES string of the molecule is Cc1cccc(C(CNC(=O)N2CCC3(CC3)C2)N2CCOCC2)c1. The van der Waals surface area contributed by atoms with Crippen LogP contribution in [0.15, 0.2) is 24.3 Å². The first-order chi connectivity index (χ1) is 12.2. The molecule has 1 unspecified atom stereocenters. The molecule has 0 radical (unpaired) electrons. The maximum atomic E-state index is 12.6. The second-order valence-electron chi connectivity index (χ2n) is 7.94. The number of nitrogens with one attached hydrogen (secondary N) is 1. The van der Waals surface area contributed by atoms with Gasteiger partial charge in [0.1, 0.15) is 0 Å². The van der Waals surface area contributed by atoms with E-state index in [1.54, 1.807) is 0 Å². The van der Waals surface area contributed by atoms with Gasteiger partial charge < -0.3 is 15.0 Å². The highest BCUT2D eigenvalue weighted by molar-refractivity contribution is 5.74. The molecule has 1 N–H and O–H groups in total. The minimum atomic E-state index is 0.106. The maximum Gasteiger partial charge on any atom is 0.317 e. The third-order valence-electron chi connectivity index (χ3n) is 6.04. The summed E-state index contributed by atoms with van der Waals surface area (Å²) in [5.74, 6) is 0. The summed E-state index contributed by atoms with van der Waals surface area (Å²) in [5.41, 5.74) is 3.02. The van der Waals surface area contributed by atoms with E-state index in [-0.39, 0.29) is 12.1 Å². The first-order valence-electron chi connectivity index (χ1n) is 9.56. The van der Waals surface area contributed by atoms with Crippen LogP contribution in [-0.4, -0.2) is 61.8 Å². The Labute approximate surface area is 150 Å². The fraction of sp³-hybridized carbons (Fsp3) is 0.650. The zero-order valence-electron chi connectivity index (χ0n) is 15.2. The van der Waals surface area contributed by atoms with Gasteiger partial charge in [0.25, 0.3) is 0 Å². The molecule has 3 aliphatic rings. The van der Waals surface area contributed by atoms with Crippen molar-refractivity contribution in [1.29, 1.82) is 0 Å². The second kappa shape index (κ2) is 6.96. The minimum Gasteiger partial charge on any atom is -0.379 e. The van der Waals surface area contributed by atoms with E-state index in [1.165, 1.54) is 30.4 Å². The van der Waals surface area contributed by atoms with Gasteiger partial charge in [0.2, 0.25) is 0 Å². The van der Waals surface area contributed by atoms with Crippen LogP contribution in [0, 0.1) is 12.3 Å². The van der Waals surface area contributed by atoms with Crippen LogP contribution >= 0.6 is 0 Å². The number of likely N-dealkylation sites (tertiary alicyclic amines) is 1. The van der Waals surface area contributed by atoms with Gasteiger partial charge in [0, 0.05) is 32.7 Å². The second-order valence-corrected chi connectivity index (χ2v) is 7.94. The van der Waals surface area contributed by atoms with Crippen LogP contribution < -0.4 is 5.32 Å². The summed E-state index contributed by atoms with van der Waals surface area (Å²) in [6, 6.07) is 8.96. The van der Waals surface area contributed by atoms with E-state index in [0.29, 0.717) is 12.0 Å². The number of benzene rings is 1. The number of amides is 2. The molecule has 2 saturated heterocycles. The summed E-state index contributed by atoms with van der Waals surface area (Å²) in [7, 11) is 0. The molecule has 0 aromatic heterocycles. The van der Waals surface area contributed by atoms with Crippen molar-refractivity contribution in [2.24, 2.45) is 5.41 Å². The quantitative estimate of drug-likeness (QED) is 0.914. The number of hydrogen-bond acceptors (Lipinski definition) is 3. The van der Waals surface area contributed by atoms with Crippen LogP contribution in [0.1, 0.15) is 36.4 Å². The van der Waals surface area contributed by atoms with E-state index in [1.807, 2.05) is 4.90 Å². The molecule has 1 aromatic carbocycles. The average molecular weight is 343 g/mol. The van der Waals surface area contributed by atoms with Gasteiger partial charge in [0.05, 0.1) is 19.3 Å². The van der Waals surface area contributed by atoms with Crippen molar-refractivity contribution in [3.8, 4) is 0 Å². The van der Waals surface area contributed by atoms with E-state index in [4.69, 9.17) is 4.74 Å². The fourth-order valence-electron chi connectivity index (χ4n) is 4.21. The largest absolute Gasteiger partial charge is 0.379 e. The Balaban J connectivity index is 1.41. The van der Waals surface area contributed by atoms with Gasteiger partial charge in [-0.3, -0.25) is 4.90 Å². The lowest BCUT2D eigenvalue weighted by molar-refractivity contribution is 0.0165. The van der Waals surface area contributed by atoms with Gasteiger partial charge in [-0.2, -0.15) is 0 Å². The Morgan fingerprint density at radius 3 is 2.72 bits per heavy atom. The van der Waals surface area contributed by atoms with Crippen LogP contribution in [0.5, 0.6) is 0 Å². The number of nitrogens with zero attached hydrogens (tertiary/aromatic N) is 2. The molecule has 0 bridgehead atoms. The van der Waals surface area contributed by atoms with Crippen LogP contribution in [0.4, 0.5) is 4.79 Å². The van der Waals surface area contributed by atoms with Gasteiger partial charge in [-0.1, -0.05) is 29.8 Å². The number of aryl methyl sites for hydroxylation is 1. The molecule has 1 atom stereocenters. The summed E-state index contributed by atoms with van der Waals surface area (Å²) in [6.07, 6.45) is 3.79. The van der Waals surface area contributed by atoms with Crippen molar-refractivity contribution in [1.82, 2.24) is 15.1 Å². The molecule has 25 heavy (non-hydrogen) atoms. The number of hydrogen-bond donors (Lipinski definition) is 1. The van der Waals surface area contributed by atoms with E-state index >= 15 is 0 Å². The molecular weight excluding hydrogens is 314 g/mol. The molecular formula is C20H29N3O2. The fourth-order valence-corrected chi connectivity index (χ4v) is 4.21. The molecule has 5 nitrogen and oxygen atoms in total. The Bertz CT molecular complexity index is 623. The first kappa shape index (κ1) is 16.9. The molecule has 3 fully saturated rings. The zero-order valence-corrected chi connectivity index (χ0v) is 15.2. The van der Waals surface area contributed by atoms with Crippen LogP contribution in [-0.2, 0) is 4.74 Å². The van der Waals surface area contributed by atoms with Crippen molar-refractivity contribution in [2.75, 3.05) is 45.9 Å². The third kappa shape index (κ3) is 3.82. The number of ether oxygens (including phenoxy) is 1. The highest BCUT2D eigenvalue weighted by Gasteiger charge is 2.48. The van der Waals surface area contributed by atoms with Gasteiger partial charge >= 0.3 is 6.03 Å². The number of morpholine rings is 1. The van der Waals surface area contributed by atoms with Crippen molar-refractivity contribution < 1.29 is 9.53 Å². The van der Waals surface area contributed by atoms with Gasteiger partial charge in [-0.15, -0.1) is 0 Å². The molecule has 2 amide bonds. The number of carbonyl (C=O) groups is 1. The summed E-state index contributed by atoms with van der Waals surface area (Å²) >= 11 is 0. The van der Waals surface area contributed by atoms with Crippen LogP contribution in [0.25, 0.3) is 0 Å². The van der Waals surface area contributed by atoms with Crippen LogP contribution in [0.3, 0.4) is 0 Å². The average Bonchev–Trinajstić information content (AvgIpc) is 3.25. The number of rotatable bonds is 4. The molecule has 4 rings (SSSR count). The van der Waals surface area contributed by atoms with Crippen molar-refractivity contribution in [3.05, 3.63) is 35.4 Å². The molecule has 1 aliphatic carbocycles. The normalized spacial score (nSPS) is 23.6. The minimum absolute atomic E-state index is 0.106. The van der Waals surface area contributed by atoms with Gasteiger partial charge in [0.15, 0.2) is 0 Å². The molecule has 2 aliphatic heterocycles. The maximum absolute atomic E-state index is 12.6. The lowest BCUT2D eigenvalue weighted by Gasteiger charge is -2.35. The summed E-state index contributed by atoms with van der Waals surface area (Å²) in [6.45, 7) is 8.02. The molecule has 1 saturated carbocycles. The summed E-state index contributed by atoms with van der Waals surface area (Å²) < 4.78 is 5.51. The smallest absolute Gasteiger partial charge is 0.317 e. The van der Waals surface area contributed by atoms with Crippen molar-refractivity contribution >= 4 is 6.03 Å². The molecule has 2 heterocycles. The Kier molecular flexibility index (Phi) is 4.69. The van der Waals surface area contributed by atoms with Gasteiger partial charge in [-0.05, 0) is 37.2 Å². The lowest BCUT2D eigenvalue weighted by atomic mass is 10.0. The number of carbonyl (C=O) groups excluding carboxylic acids is 1.